The zero-order chi connectivity index (χ0) is 10.5. The molecule has 0 bridgehead atoms. The first kappa shape index (κ1) is 9.94. The second-order valence-corrected chi connectivity index (χ2v) is 3.59. The van der Waals surface area contributed by atoms with Crippen molar-refractivity contribution in [3.63, 3.8) is 0 Å². The first-order valence-corrected chi connectivity index (χ1v) is 5.19. The highest BCUT2D eigenvalue weighted by molar-refractivity contribution is 5.63. The molecule has 76 valence electrons. The van der Waals surface area contributed by atoms with Crippen LogP contribution in [0.4, 0.5) is 0 Å². The molecule has 0 aliphatic heterocycles. The van der Waals surface area contributed by atoms with Crippen LogP contribution >= 0.6 is 0 Å². The van der Waals surface area contributed by atoms with Gasteiger partial charge >= 0.3 is 0 Å². The van der Waals surface area contributed by atoms with E-state index in [9.17, 15) is 0 Å². The largest absolute Gasteiger partial charge is 0.316 e. The van der Waals surface area contributed by atoms with Gasteiger partial charge in [-0.1, -0.05) is 54.6 Å². The maximum atomic E-state index is 3.14. The predicted octanol–water partition coefficient (Wildman–Crippen LogP) is 3.07. The minimum Gasteiger partial charge on any atom is -0.316 e. The molecule has 0 radical (unpaired) electrons. The fraction of sp³-hybridized carbons (Fsp3) is 0.143. The lowest BCUT2D eigenvalue weighted by Gasteiger charge is -2.03. The Morgan fingerprint density at radius 2 is 1.40 bits per heavy atom. The van der Waals surface area contributed by atoms with E-state index in [-0.39, 0.29) is 0 Å². The summed E-state index contributed by atoms with van der Waals surface area (Å²) in [6.45, 7) is 0.926. The van der Waals surface area contributed by atoms with E-state index < -0.39 is 0 Å². The van der Waals surface area contributed by atoms with Crippen LogP contribution in [0.25, 0.3) is 11.1 Å². The first-order chi connectivity index (χ1) is 7.40. The Morgan fingerprint density at radius 1 is 0.800 bits per heavy atom. The molecule has 0 aromatic heterocycles. The second-order valence-electron chi connectivity index (χ2n) is 3.59. The van der Waals surface area contributed by atoms with Crippen molar-refractivity contribution in [1.82, 2.24) is 5.32 Å². The quantitative estimate of drug-likeness (QED) is 0.797. The molecule has 0 aliphatic rings. The molecule has 0 saturated carbocycles. The molecule has 1 heteroatoms. The van der Waals surface area contributed by atoms with Crippen LogP contribution in [0.1, 0.15) is 5.56 Å². The predicted molar refractivity (Wildman–Crippen MR) is 64.6 cm³/mol. The highest BCUT2D eigenvalue weighted by atomic mass is 14.8. The lowest BCUT2D eigenvalue weighted by atomic mass is 10.0. The molecule has 0 aliphatic carbocycles. The average Bonchev–Trinajstić information content (AvgIpc) is 2.32. The Balaban J connectivity index is 2.24. The first-order valence-electron chi connectivity index (χ1n) is 5.19. The smallest absolute Gasteiger partial charge is 0.0202 e. The van der Waals surface area contributed by atoms with Gasteiger partial charge in [0, 0.05) is 6.54 Å². The molecule has 2 rings (SSSR count). The minimum absolute atomic E-state index is 0.926. The van der Waals surface area contributed by atoms with Crippen LogP contribution < -0.4 is 5.32 Å². The lowest BCUT2D eigenvalue weighted by Crippen LogP contribution is -2.04. The number of hydrogen-bond acceptors (Lipinski definition) is 1. The molecule has 0 spiro atoms. The summed E-state index contributed by atoms with van der Waals surface area (Å²) in [5, 5.41) is 3.14. The SMILES string of the molecule is CNCc1ccc(-c2ccccc2)cc1. The lowest BCUT2D eigenvalue weighted by molar-refractivity contribution is 0.818. The third kappa shape index (κ3) is 2.45. The van der Waals surface area contributed by atoms with Gasteiger partial charge in [-0.15, -0.1) is 0 Å². The Morgan fingerprint density at radius 3 is 2.00 bits per heavy atom. The molecule has 2 aromatic carbocycles. The highest BCUT2D eigenvalue weighted by Crippen LogP contribution is 2.18. The van der Waals surface area contributed by atoms with Crippen LogP contribution in [0.15, 0.2) is 54.6 Å². The fourth-order valence-corrected chi connectivity index (χ4v) is 1.65. The average molecular weight is 197 g/mol. The van der Waals surface area contributed by atoms with Crippen LogP contribution in [-0.2, 0) is 6.54 Å². The van der Waals surface area contributed by atoms with E-state index in [1.54, 1.807) is 0 Å². The standard InChI is InChI=1S/C14H15N/c1-15-11-12-7-9-14(10-8-12)13-5-3-2-4-6-13/h2-10,15H,11H2,1H3. The second kappa shape index (κ2) is 4.76. The Bertz CT molecular complexity index is 403. The maximum absolute atomic E-state index is 3.14. The summed E-state index contributed by atoms with van der Waals surface area (Å²) in [7, 11) is 1.96. The van der Waals surface area contributed by atoms with E-state index in [0.29, 0.717) is 0 Å². The third-order valence-corrected chi connectivity index (χ3v) is 2.44. The third-order valence-electron chi connectivity index (χ3n) is 2.44. The van der Waals surface area contributed by atoms with Gasteiger partial charge in [0.2, 0.25) is 0 Å². The van der Waals surface area contributed by atoms with Crippen molar-refractivity contribution in [2.75, 3.05) is 7.05 Å². The van der Waals surface area contributed by atoms with Crippen molar-refractivity contribution < 1.29 is 0 Å². The van der Waals surface area contributed by atoms with Crippen molar-refractivity contribution in [3.05, 3.63) is 60.2 Å². The van der Waals surface area contributed by atoms with Gasteiger partial charge in [-0.2, -0.15) is 0 Å². The molecule has 0 amide bonds. The molecule has 1 nitrogen and oxygen atoms in total. The Kier molecular flexibility index (Phi) is 3.15. The highest BCUT2D eigenvalue weighted by Gasteiger charge is 1.96. The van der Waals surface area contributed by atoms with Gasteiger partial charge < -0.3 is 5.32 Å². The van der Waals surface area contributed by atoms with Crippen LogP contribution in [0.5, 0.6) is 0 Å². The van der Waals surface area contributed by atoms with Crippen LogP contribution in [-0.4, -0.2) is 7.05 Å². The van der Waals surface area contributed by atoms with Gasteiger partial charge in [0.25, 0.3) is 0 Å². The van der Waals surface area contributed by atoms with Crippen molar-refractivity contribution in [1.29, 1.82) is 0 Å². The van der Waals surface area contributed by atoms with Crippen LogP contribution in [0.2, 0.25) is 0 Å². The minimum atomic E-state index is 0.926. The molecule has 15 heavy (non-hydrogen) atoms. The molecule has 0 fully saturated rings. The molecular weight excluding hydrogens is 182 g/mol. The van der Waals surface area contributed by atoms with Gasteiger partial charge in [0.05, 0.1) is 0 Å². The van der Waals surface area contributed by atoms with Gasteiger partial charge in [-0.3, -0.25) is 0 Å². The zero-order valence-corrected chi connectivity index (χ0v) is 8.90. The van der Waals surface area contributed by atoms with E-state index in [2.05, 4.69) is 53.8 Å². The fourth-order valence-electron chi connectivity index (χ4n) is 1.65. The van der Waals surface area contributed by atoms with Crippen molar-refractivity contribution in [2.45, 2.75) is 6.54 Å². The summed E-state index contributed by atoms with van der Waals surface area (Å²) in [6.07, 6.45) is 0. The van der Waals surface area contributed by atoms with Crippen LogP contribution in [0.3, 0.4) is 0 Å². The molecule has 1 N–H and O–H groups in total. The summed E-state index contributed by atoms with van der Waals surface area (Å²) >= 11 is 0. The summed E-state index contributed by atoms with van der Waals surface area (Å²) in [6, 6.07) is 19.1. The normalized spacial score (nSPS) is 10.2. The van der Waals surface area contributed by atoms with E-state index in [1.165, 1.54) is 16.7 Å². The molecular formula is C14H15N. The van der Waals surface area contributed by atoms with E-state index in [4.69, 9.17) is 0 Å². The molecule has 2 aromatic rings. The number of rotatable bonds is 3. The molecule has 0 saturated heterocycles. The monoisotopic (exact) mass is 197 g/mol. The summed E-state index contributed by atoms with van der Waals surface area (Å²) in [5.41, 5.74) is 3.86. The zero-order valence-electron chi connectivity index (χ0n) is 8.90. The van der Waals surface area contributed by atoms with E-state index >= 15 is 0 Å². The topological polar surface area (TPSA) is 12.0 Å². The van der Waals surface area contributed by atoms with Gasteiger partial charge in [-0.05, 0) is 23.7 Å². The number of nitrogens with one attached hydrogen (secondary N) is 1. The van der Waals surface area contributed by atoms with Gasteiger partial charge in [0.15, 0.2) is 0 Å². The number of hydrogen-bond donors (Lipinski definition) is 1. The molecule has 0 unspecified atom stereocenters. The van der Waals surface area contributed by atoms with Crippen molar-refractivity contribution in [3.8, 4) is 11.1 Å². The Hall–Kier alpha value is -1.60. The van der Waals surface area contributed by atoms with E-state index in [1.807, 2.05) is 13.1 Å². The van der Waals surface area contributed by atoms with Crippen molar-refractivity contribution in [2.24, 2.45) is 0 Å². The molecule has 0 atom stereocenters. The maximum Gasteiger partial charge on any atom is 0.0202 e. The Labute approximate surface area is 90.8 Å². The van der Waals surface area contributed by atoms with E-state index in [0.717, 1.165) is 6.54 Å². The van der Waals surface area contributed by atoms with Gasteiger partial charge in [0.1, 0.15) is 0 Å². The summed E-state index contributed by atoms with van der Waals surface area (Å²) in [4.78, 5) is 0. The summed E-state index contributed by atoms with van der Waals surface area (Å²) < 4.78 is 0. The van der Waals surface area contributed by atoms with Crippen molar-refractivity contribution >= 4 is 0 Å². The number of benzene rings is 2. The van der Waals surface area contributed by atoms with Crippen LogP contribution in [0, 0.1) is 0 Å². The summed E-state index contributed by atoms with van der Waals surface area (Å²) in [5.74, 6) is 0. The molecule has 0 heterocycles. The van der Waals surface area contributed by atoms with Gasteiger partial charge in [-0.25, -0.2) is 0 Å².